The maximum Gasteiger partial charge on any atom is 0.436 e. The predicted molar refractivity (Wildman–Crippen MR) is 86.0 cm³/mol. The van der Waals surface area contributed by atoms with E-state index in [1.54, 1.807) is 0 Å². The Balaban J connectivity index is 2.05. The third-order valence-corrected chi connectivity index (χ3v) is 4.28. The number of rotatable bonds is 6. The van der Waals surface area contributed by atoms with Crippen molar-refractivity contribution in [1.29, 1.82) is 0 Å². The highest BCUT2D eigenvalue weighted by Crippen LogP contribution is 2.35. The standard InChI is InChI=1S/C15H13BrF5N3O2/c1-8-12(16)13(15(19,20)21)23-24(8)7-6-11(25)22-9-4-2-3-5-10(9)26-14(17)18/h2-5,14H,6-7H2,1H3,(H,22,25). The first-order chi connectivity index (χ1) is 12.1. The molecule has 0 unspecified atom stereocenters. The molecule has 1 heterocycles. The van der Waals surface area contributed by atoms with Crippen LogP contribution in [0.2, 0.25) is 0 Å². The summed E-state index contributed by atoms with van der Waals surface area (Å²) in [4.78, 5) is 12.0. The number of carbonyl (C=O) groups excluding carboxylic acids is 1. The van der Waals surface area contributed by atoms with Gasteiger partial charge in [0.15, 0.2) is 5.69 Å². The molecule has 0 saturated heterocycles. The molecule has 0 bridgehead atoms. The van der Waals surface area contributed by atoms with Crippen LogP contribution in [0.4, 0.5) is 27.6 Å². The Labute approximate surface area is 153 Å². The Morgan fingerprint density at radius 3 is 2.58 bits per heavy atom. The molecule has 5 nitrogen and oxygen atoms in total. The maximum atomic E-state index is 12.8. The SMILES string of the molecule is Cc1c(Br)c(C(F)(F)F)nn1CCC(=O)Nc1ccccc1OC(F)F. The molecule has 0 saturated carbocycles. The number of hydrogen-bond donors (Lipinski definition) is 1. The van der Waals surface area contributed by atoms with E-state index in [2.05, 4.69) is 31.1 Å². The highest BCUT2D eigenvalue weighted by molar-refractivity contribution is 9.10. The van der Waals surface area contributed by atoms with Crippen molar-refractivity contribution in [3.63, 3.8) is 0 Å². The lowest BCUT2D eigenvalue weighted by molar-refractivity contribution is -0.142. The molecule has 0 aliphatic rings. The molecular formula is C15H13BrF5N3O2. The van der Waals surface area contributed by atoms with Gasteiger partial charge in [0.1, 0.15) is 5.75 Å². The molecule has 2 aromatic rings. The van der Waals surface area contributed by atoms with E-state index >= 15 is 0 Å². The van der Waals surface area contributed by atoms with Crippen molar-refractivity contribution < 1.29 is 31.5 Å². The summed E-state index contributed by atoms with van der Waals surface area (Å²) >= 11 is 2.84. The van der Waals surface area contributed by atoms with Gasteiger partial charge in [0.25, 0.3) is 0 Å². The van der Waals surface area contributed by atoms with Crippen molar-refractivity contribution in [3.05, 3.63) is 40.1 Å². The summed E-state index contributed by atoms with van der Waals surface area (Å²) in [6, 6.07) is 5.59. The van der Waals surface area contributed by atoms with Crippen LogP contribution in [-0.2, 0) is 17.5 Å². The lowest BCUT2D eigenvalue weighted by Crippen LogP contribution is -2.17. The fourth-order valence-corrected chi connectivity index (χ4v) is 2.62. The maximum absolute atomic E-state index is 12.8. The molecule has 11 heteroatoms. The number of carbonyl (C=O) groups is 1. The smallest absolute Gasteiger partial charge is 0.433 e. The minimum absolute atomic E-state index is 0.0344. The van der Waals surface area contributed by atoms with Crippen LogP contribution in [0.5, 0.6) is 5.75 Å². The van der Waals surface area contributed by atoms with E-state index in [4.69, 9.17) is 0 Å². The van der Waals surface area contributed by atoms with Crippen LogP contribution in [0.15, 0.2) is 28.7 Å². The monoisotopic (exact) mass is 441 g/mol. The molecule has 0 atom stereocenters. The second-order valence-corrected chi connectivity index (χ2v) is 5.93. The fraction of sp³-hybridized carbons (Fsp3) is 0.333. The van der Waals surface area contributed by atoms with Crippen molar-refractivity contribution in [2.24, 2.45) is 0 Å². The lowest BCUT2D eigenvalue weighted by Gasteiger charge is -2.12. The number of nitrogens with one attached hydrogen (secondary N) is 1. The molecule has 1 N–H and O–H groups in total. The summed E-state index contributed by atoms with van der Waals surface area (Å²) in [5.74, 6) is -0.803. The number of benzene rings is 1. The highest BCUT2D eigenvalue weighted by atomic mass is 79.9. The van der Waals surface area contributed by atoms with Gasteiger partial charge in [0.2, 0.25) is 5.91 Å². The Bertz CT molecular complexity index is 792. The number of halogens is 6. The van der Waals surface area contributed by atoms with Gasteiger partial charge < -0.3 is 10.1 Å². The number of anilines is 1. The first kappa shape index (κ1) is 20.1. The topological polar surface area (TPSA) is 56.2 Å². The van der Waals surface area contributed by atoms with Crippen molar-refractivity contribution >= 4 is 27.5 Å². The molecule has 2 rings (SSSR count). The molecular weight excluding hydrogens is 429 g/mol. The molecule has 1 amide bonds. The van der Waals surface area contributed by atoms with Crippen LogP contribution in [0.1, 0.15) is 17.8 Å². The summed E-state index contributed by atoms with van der Waals surface area (Å²) in [7, 11) is 0. The number of hydrogen-bond acceptors (Lipinski definition) is 3. The Morgan fingerprint density at radius 2 is 2.00 bits per heavy atom. The van der Waals surface area contributed by atoms with Gasteiger partial charge in [0.05, 0.1) is 22.4 Å². The number of amides is 1. The van der Waals surface area contributed by atoms with Crippen LogP contribution < -0.4 is 10.1 Å². The lowest BCUT2D eigenvalue weighted by atomic mass is 10.2. The second kappa shape index (κ2) is 8.02. The molecule has 26 heavy (non-hydrogen) atoms. The van der Waals surface area contributed by atoms with Crippen LogP contribution in [0.3, 0.4) is 0 Å². The second-order valence-electron chi connectivity index (χ2n) is 5.14. The Kier molecular flexibility index (Phi) is 6.21. The van der Waals surface area contributed by atoms with Gasteiger partial charge in [-0.3, -0.25) is 9.48 Å². The van der Waals surface area contributed by atoms with E-state index in [-0.39, 0.29) is 34.6 Å². The van der Waals surface area contributed by atoms with E-state index in [1.165, 1.54) is 31.2 Å². The predicted octanol–water partition coefficient (Wildman–Crippen LogP) is 4.60. The molecule has 1 aromatic carbocycles. The molecule has 0 aliphatic carbocycles. The zero-order chi connectivity index (χ0) is 19.5. The largest absolute Gasteiger partial charge is 0.436 e. The normalized spacial score (nSPS) is 11.7. The Hall–Kier alpha value is -2.17. The van der Waals surface area contributed by atoms with Gasteiger partial charge in [-0.05, 0) is 35.0 Å². The van der Waals surface area contributed by atoms with Crippen LogP contribution >= 0.6 is 15.9 Å². The average Bonchev–Trinajstić information content (AvgIpc) is 2.82. The molecule has 0 spiro atoms. The minimum Gasteiger partial charge on any atom is -0.433 e. The number of ether oxygens (including phenoxy) is 1. The zero-order valence-electron chi connectivity index (χ0n) is 13.3. The molecule has 0 radical (unpaired) electrons. The van der Waals surface area contributed by atoms with Gasteiger partial charge >= 0.3 is 12.8 Å². The van der Waals surface area contributed by atoms with Crippen LogP contribution in [-0.4, -0.2) is 22.3 Å². The van der Waals surface area contributed by atoms with E-state index in [0.717, 1.165) is 4.68 Å². The molecule has 142 valence electrons. The number of aryl methyl sites for hydroxylation is 1. The summed E-state index contributed by atoms with van der Waals surface area (Å²) in [6.07, 6.45) is -4.84. The number of para-hydroxylation sites is 2. The quantitative estimate of drug-likeness (QED) is 0.666. The van der Waals surface area contributed by atoms with Gasteiger partial charge in [-0.1, -0.05) is 12.1 Å². The first-order valence-electron chi connectivity index (χ1n) is 7.23. The highest BCUT2D eigenvalue weighted by Gasteiger charge is 2.37. The number of aromatic nitrogens is 2. The number of nitrogens with zero attached hydrogens (tertiary/aromatic N) is 2. The van der Waals surface area contributed by atoms with Crippen molar-refractivity contribution in [2.75, 3.05) is 5.32 Å². The summed E-state index contributed by atoms with van der Waals surface area (Å²) in [5, 5.41) is 5.84. The summed E-state index contributed by atoms with van der Waals surface area (Å²) in [6.45, 7) is -1.75. The van der Waals surface area contributed by atoms with Gasteiger partial charge in [0, 0.05) is 6.42 Å². The van der Waals surface area contributed by atoms with E-state index in [1.807, 2.05) is 0 Å². The summed E-state index contributed by atoms with van der Waals surface area (Å²) in [5.41, 5.74) is -0.829. The minimum atomic E-state index is -4.62. The zero-order valence-corrected chi connectivity index (χ0v) is 14.9. The van der Waals surface area contributed by atoms with Crippen LogP contribution in [0.25, 0.3) is 0 Å². The summed E-state index contributed by atoms with van der Waals surface area (Å²) < 4.78 is 68.3. The van der Waals surface area contributed by atoms with Crippen molar-refractivity contribution in [3.8, 4) is 5.75 Å². The number of alkyl halides is 5. The third-order valence-electron chi connectivity index (χ3n) is 3.33. The first-order valence-corrected chi connectivity index (χ1v) is 8.02. The van der Waals surface area contributed by atoms with Crippen LogP contribution in [0, 0.1) is 6.92 Å². The van der Waals surface area contributed by atoms with Crippen molar-refractivity contribution in [2.45, 2.75) is 32.7 Å². The van der Waals surface area contributed by atoms with Crippen molar-refractivity contribution in [1.82, 2.24) is 9.78 Å². The molecule has 0 fully saturated rings. The third kappa shape index (κ3) is 4.93. The molecule has 1 aromatic heterocycles. The van der Waals surface area contributed by atoms with Gasteiger partial charge in [-0.15, -0.1) is 0 Å². The van der Waals surface area contributed by atoms with E-state index in [9.17, 15) is 26.7 Å². The average molecular weight is 442 g/mol. The van der Waals surface area contributed by atoms with E-state index in [0.29, 0.717) is 0 Å². The van der Waals surface area contributed by atoms with Gasteiger partial charge in [-0.2, -0.15) is 27.1 Å². The Morgan fingerprint density at radius 1 is 1.35 bits per heavy atom. The van der Waals surface area contributed by atoms with E-state index < -0.39 is 24.4 Å². The van der Waals surface area contributed by atoms with Gasteiger partial charge in [-0.25, -0.2) is 0 Å². The molecule has 0 aliphatic heterocycles. The fourth-order valence-electron chi connectivity index (χ4n) is 2.11.